The van der Waals surface area contributed by atoms with E-state index in [-0.39, 0.29) is 0 Å². The SMILES string of the molecule is OB(O)Oc1ccccc1SCc1ccccc1. The van der Waals surface area contributed by atoms with Gasteiger partial charge in [0, 0.05) is 10.6 Å². The summed E-state index contributed by atoms with van der Waals surface area (Å²) in [6, 6.07) is 17.4. The van der Waals surface area contributed by atoms with Crippen LogP contribution in [-0.2, 0) is 5.75 Å². The van der Waals surface area contributed by atoms with Crippen molar-refractivity contribution in [2.45, 2.75) is 10.6 Å². The van der Waals surface area contributed by atoms with Crippen molar-refractivity contribution in [1.82, 2.24) is 0 Å². The maximum absolute atomic E-state index is 8.84. The first-order chi connectivity index (χ1) is 8.75. The minimum atomic E-state index is -1.79. The Kier molecular flexibility index (Phi) is 4.69. The van der Waals surface area contributed by atoms with Gasteiger partial charge in [-0.3, -0.25) is 0 Å². The molecular weight excluding hydrogens is 247 g/mol. The lowest BCUT2D eigenvalue weighted by molar-refractivity contribution is 0.285. The molecule has 18 heavy (non-hydrogen) atoms. The van der Waals surface area contributed by atoms with E-state index in [0.717, 1.165) is 10.6 Å². The zero-order valence-corrected chi connectivity index (χ0v) is 10.5. The van der Waals surface area contributed by atoms with Crippen molar-refractivity contribution in [2.24, 2.45) is 0 Å². The first-order valence-electron chi connectivity index (χ1n) is 5.54. The normalized spacial score (nSPS) is 10.1. The van der Waals surface area contributed by atoms with Crippen LogP contribution in [0.1, 0.15) is 5.56 Å². The highest BCUT2D eigenvalue weighted by Crippen LogP contribution is 2.31. The quantitative estimate of drug-likeness (QED) is 0.640. The number of para-hydroxylation sites is 1. The van der Waals surface area contributed by atoms with Gasteiger partial charge in [0.05, 0.1) is 0 Å². The predicted octanol–water partition coefficient (Wildman–Crippen LogP) is 2.33. The lowest BCUT2D eigenvalue weighted by Gasteiger charge is -2.10. The highest BCUT2D eigenvalue weighted by atomic mass is 32.2. The zero-order valence-electron chi connectivity index (χ0n) is 9.69. The molecule has 0 aliphatic heterocycles. The molecule has 2 N–H and O–H groups in total. The van der Waals surface area contributed by atoms with E-state index in [1.807, 2.05) is 30.3 Å². The smallest absolute Gasteiger partial charge is 0.511 e. The predicted molar refractivity (Wildman–Crippen MR) is 73.3 cm³/mol. The minimum absolute atomic E-state index is 0.480. The van der Waals surface area contributed by atoms with E-state index in [1.165, 1.54) is 5.56 Å². The van der Waals surface area contributed by atoms with Crippen molar-refractivity contribution in [1.29, 1.82) is 0 Å². The van der Waals surface area contributed by atoms with E-state index >= 15 is 0 Å². The molecule has 0 heterocycles. The van der Waals surface area contributed by atoms with E-state index in [0.29, 0.717) is 5.75 Å². The molecule has 0 saturated carbocycles. The third kappa shape index (κ3) is 3.80. The van der Waals surface area contributed by atoms with Crippen molar-refractivity contribution in [3.05, 3.63) is 60.2 Å². The first kappa shape index (κ1) is 13.0. The topological polar surface area (TPSA) is 49.7 Å². The van der Waals surface area contributed by atoms with Gasteiger partial charge in [0.25, 0.3) is 0 Å². The summed E-state index contributed by atoms with van der Waals surface area (Å²) in [5.41, 5.74) is 1.21. The van der Waals surface area contributed by atoms with E-state index in [9.17, 15) is 0 Å². The van der Waals surface area contributed by atoms with E-state index < -0.39 is 7.32 Å². The van der Waals surface area contributed by atoms with Crippen molar-refractivity contribution in [3.63, 3.8) is 0 Å². The molecular formula is C13H13BO3S. The van der Waals surface area contributed by atoms with E-state index in [4.69, 9.17) is 14.7 Å². The summed E-state index contributed by atoms with van der Waals surface area (Å²) in [4.78, 5) is 0.884. The summed E-state index contributed by atoms with van der Waals surface area (Å²) < 4.78 is 4.92. The van der Waals surface area contributed by atoms with Crippen LogP contribution in [-0.4, -0.2) is 17.4 Å². The molecule has 0 atom stereocenters. The second kappa shape index (κ2) is 6.49. The maximum atomic E-state index is 8.84. The Morgan fingerprint density at radius 1 is 0.944 bits per heavy atom. The van der Waals surface area contributed by atoms with Gasteiger partial charge in [-0.25, -0.2) is 0 Å². The van der Waals surface area contributed by atoms with Gasteiger partial charge < -0.3 is 14.7 Å². The average Bonchev–Trinajstić information content (AvgIpc) is 2.38. The second-order valence-corrected chi connectivity index (χ2v) is 4.68. The van der Waals surface area contributed by atoms with Gasteiger partial charge in [0.1, 0.15) is 5.75 Å². The molecule has 3 nitrogen and oxygen atoms in total. The molecule has 2 aromatic rings. The fourth-order valence-electron chi connectivity index (χ4n) is 1.52. The van der Waals surface area contributed by atoms with Gasteiger partial charge >= 0.3 is 7.32 Å². The maximum Gasteiger partial charge on any atom is 0.707 e. The van der Waals surface area contributed by atoms with Crippen molar-refractivity contribution in [3.8, 4) is 5.75 Å². The van der Waals surface area contributed by atoms with Crippen LogP contribution in [0, 0.1) is 0 Å². The molecule has 0 radical (unpaired) electrons. The van der Waals surface area contributed by atoms with Crippen LogP contribution < -0.4 is 4.65 Å². The molecule has 0 aliphatic rings. The van der Waals surface area contributed by atoms with Gasteiger partial charge in [-0.1, -0.05) is 42.5 Å². The van der Waals surface area contributed by atoms with Crippen LogP contribution in [0.5, 0.6) is 5.75 Å². The molecule has 0 aromatic heterocycles. The van der Waals surface area contributed by atoms with Crippen molar-refractivity contribution < 1.29 is 14.7 Å². The summed E-state index contributed by atoms with van der Waals surface area (Å²) in [6.45, 7) is 0. The molecule has 5 heteroatoms. The zero-order chi connectivity index (χ0) is 12.8. The highest BCUT2D eigenvalue weighted by molar-refractivity contribution is 7.98. The Morgan fingerprint density at radius 2 is 1.61 bits per heavy atom. The number of thioether (sulfide) groups is 1. The van der Waals surface area contributed by atoms with Crippen LogP contribution in [0.4, 0.5) is 0 Å². The third-order valence-corrected chi connectivity index (χ3v) is 3.44. The molecule has 0 aliphatic carbocycles. The van der Waals surface area contributed by atoms with Crippen LogP contribution in [0.15, 0.2) is 59.5 Å². The molecule has 92 valence electrons. The molecule has 0 spiro atoms. The van der Waals surface area contributed by atoms with Gasteiger partial charge in [0.2, 0.25) is 0 Å². The number of benzene rings is 2. The fraction of sp³-hybridized carbons (Fsp3) is 0.0769. The molecule has 0 bridgehead atoms. The monoisotopic (exact) mass is 260 g/mol. The van der Waals surface area contributed by atoms with Crippen LogP contribution in [0.2, 0.25) is 0 Å². The molecule has 0 fully saturated rings. The second-order valence-electron chi connectivity index (χ2n) is 3.67. The van der Waals surface area contributed by atoms with Gasteiger partial charge in [0.15, 0.2) is 0 Å². The number of hydrogen-bond donors (Lipinski definition) is 2. The van der Waals surface area contributed by atoms with Gasteiger partial charge in [-0.05, 0) is 17.7 Å². The van der Waals surface area contributed by atoms with Crippen LogP contribution >= 0.6 is 11.8 Å². The summed E-state index contributed by atoms with van der Waals surface area (Å²) in [7, 11) is -1.79. The first-order valence-corrected chi connectivity index (χ1v) is 6.53. The van der Waals surface area contributed by atoms with Gasteiger partial charge in [-0.15, -0.1) is 11.8 Å². The summed E-state index contributed by atoms with van der Waals surface area (Å²) in [5.74, 6) is 1.29. The van der Waals surface area contributed by atoms with Gasteiger partial charge in [-0.2, -0.15) is 0 Å². The Balaban J connectivity index is 2.05. The summed E-state index contributed by atoms with van der Waals surface area (Å²) in [6.07, 6.45) is 0. The Labute approximate surface area is 111 Å². The molecule has 0 amide bonds. The Hall–Kier alpha value is -1.43. The van der Waals surface area contributed by atoms with Crippen molar-refractivity contribution >= 4 is 19.1 Å². The number of hydrogen-bond acceptors (Lipinski definition) is 4. The molecule has 2 rings (SSSR count). The summed E-state index contributed by atoms with van der Waals surface area (Å²) in [5, 5.41) is 17.7. The highest BCUT2D eigenvalue weighted by Gasteiger charge is 2.13. The lowest BCUT2D eigenvalue weighted by atomic mass is 10.2. The van der Waals surface area contributed by atoms with E-state index in [2.05, 4.69) is 12.1 Å². The minimum Gasteiger partial charge on any atom is -0.511 e. The van der Waals surface area contributed by atoms with Crippen molar-refractivity contribution in [2.75, 3.05) is 0 Å². The Morgan fingerprint density at radius 3 is 2.33 bits per heavy atom. The standard InChI is InChI=1S/C13H13BO3S/c15-14(16)17-12-8-4-5-9-13(12)18-10-11-6-2-1-3-7-11/h1-9,15-16H,10H2. The lowest BCUT2D eigenvalue weighted by Crippen LogP contribution is -2.20. The third-order valence-electron chi connectivity index (χ3n) is 2.32. The Bertz CT molecular complexity index is 491. The van der Waals surface area contributed by atoms with Crippen LogP contribution in [0.25, 0.3) is 0 Å². The molecule has 0 unspecified atom stereocenters. The largest absolute Gasteiger partial charge is 0.707 e. The number of rotatable bonds is 5. The molecule has 2 aromatic carbocycles. The van der Waals surface area contributed by atoms with Crippen LogP contribution in [0.3, 0.4) is 0 Å². The van der Waals surface area contributed by atoms with E-state index in [1.54, 1.807) is 23.9 Å². The summed E-state index contributed by atoms with van der Waals surface area (Å²) >= 11 is 1.59. The molecule has 0 saturated heterocycles. The fourth-order valence-corrected chi connectivity index (χ4v) is 2.46. The average molecular weight is 260 g/mol.